The highest BCUT2D eigenvalue weighted by Gasteiger charge is 2.22. The lowest BCUT2D eigenvalue weighted by Crippen LogP contribution is -2.36. The Morgan fingerprint density at radius 2 is 1.89 bits per heavy atom. The molecule has 3 N–H and O–H groups in total. The largest absolute Gasteiger partial charge is 0.378 e. The van der Waals surface area contributed by atoms with Crippen LogP contribution < -0.4 is 15.8 Å². The molecule has 10 heteroatoms. The predicted octanol–water partition coefficient (Wildman–Crippen LogP) is 5.24. The maximum Gasteiger partial charge on any atom is 0.261 e. The smallest absolute Gasteiger partial charge is 0.261 e. The SMILES string of the molecule is C[C@H](Nc1c(-c2nc3ccc(N4CCOCC4)cc3[nH]2)c(=O)[nH]c2cccc(Cl)c12)c1ccccn1.S. The van der Waals surface area contributed by atoms with Crippen molar-refractivity contribution < 1.29 is 4.74 Å². The van der Waals surface area contributed by atoms with Gasteiger partial charge in [-0.2, -0.15) is 13.5 Å². The van der Waals surface area contributed by atoms with E-state index in [1.54, 1.807) is 6.20 Å². The molecular weight excluding hydrogens is 508 g/mol. The summed E-state index contributed by atoms with van der Waals surface area (Å²) < 4.78 is 5.48. The summed E-state index contributed by atoms with van der Waals surface area (Å²) in [5.41, 5.74) is 5.00. The minimum Gasteiger partial charge on any atom is -0.378 e. The van der Waals surface area contributed by atoms with Gasteiger partial charge in [-0.25, -0.2) is 4.98 Å². The number of fused-ring (bicyclic) bond motifs is 2. The van der Waals surface area contributed by atoms with Crippen LogP contribution in [0.1, 0.15) is 18.7 Å². The fourth-order valence-corrected chi connectivity index (χ4v) is 5.00. The van der Waals surface area contributed by atoms with Crippen molar-refractivity contribution in [2.24, 2.45) is 0 Å². The quantitative estimate of drug-likeness (QED) is 0.285. The summed E-state index contributed by atoms with van der Waals surface area (Å²) in [5.74, 6) is 0.475. The summed E-state index contributed by atoms with van der Waals surface area (Å²) >= 11 is 6.66. The molecule has 0 spiro atoms. The standard InChI is InChI=1S/C27H25ClN6O2.H2S/c1-16(19-6-2-3-10-29-19)30-25-23-18(28)5-4-7-21(23)33-27(35)24(25)26-31-20-9-8-17(15-22(20)32-26)34-11-13-36-14-12-34;/h2-10,15-16H,11-14H2,1H3,(H,31,32)(H2,30,33,35);1H2/t16-;/m0./s1. The van der Waals surface area contributed by atoms with Crippen LogP contribution in [0.25, 0.3) is 33.3 Å². The topological polar surface area (TPSA) is 98.9 Å². The first-order valence-electron chi connectivity index (χ1n) is 11.9. The van der Waals surface area contributed by atoms with Crippen molar-refractivity contribution in [2.75, 3.05) is 36.5 Å². The molecule has 5 aromatic rings. The van der Waals surface area contributed by atoms with Crippen molar-refractivity contribution in [3.8, 4) is 11.4 Å². The van der Waals surface area contributed by atoms with Crippen LogP contribution in [0.3, 0.4) is 0 Å². The number of benzene rings is 2. The fraction of sp³-hybridized carbons (Fsp3) is 0.222. The number of aromatic nitrogens is 4. The van der Waals surface area contributed by atoms with Gasteiger partial charge in [0.05, 0.1) is 52.2 Å². The van der Waals surface area contributed by atoms with Gasteiger partial charge in [0.1, 0.15) is 11.4 Å². The summed E-state index contributed by atoms with van der Waals surface area (Å²) in [4.78, 5) is 31.3. The zero-order valence-corrected chi connectivity index (χ0v) is 22.0. The molecule has 0 saturated carbocycles. The second kappa shape index (κ2) is 10.5. The van der Waals surface area contributed by atoms with E-state index in [0.717, 1.165) is 40.9 Å². The summed E-state index contributed by atoms with van der Waals surface area (Å²) in [6.07, 6.45) is 1.75. The molecule has 1 atom stereocenters. The lowest BCUT2D eigenvalue weighted by molar-refractivity contribution is 0.122. The van der Waals surface area contributed by atoms with Crippen LogP contribution in [-0.4, -0.2) is 46.2 Å². The highest BCUT2D eigenvalue weighted by Crippen LogP contribution is 2.37. The molecule has 1 aliphatic heterocycles. The molecule has 0 unspecified atom stereocenters. The first-order chi connectivity index (χ1) is 17.6. The summed E-state index contributed by atoms with van der Waals surface area (Å²) in [6, 6.07) is 17.2. The minimum atomic E-state index is -0.257. The van der Waals surface area contributed by atoms with Crippen LogP contribution in [0.4, 0.5) is 11.4 Å². The summed E-state index contributed by atoms with van der Waals surface area (Å²) in [7, 11) is 0. The molecular formula is C27H27ClN6O2S. The number of anilines is 2. The molecule has 3 aromatic heterocycles. The molecule has 6 rings (SSSR count). The lowest BCUT2D eigenvalue weighted by Gasteiger charge is -2.28. The van der Waals surface area contributed by atoms with Crippen LogP contribution in [0.2, 0.25) is 5.02 Å². The number of halogens is 1. The molecule has 8 nitrogen and oxygen atoms in total. The van der Waals surface area contributed by atoms with E-state index in [4.69, 9.17) is 21.3 Å². The van der Waals surface area contributed by atoms with Crippen LogP contribution in [0.5, 0.6) is 0 Å². The van der Waals surface area contributed by atoms with Crippen LogP contribution in [-0.2, 0) is 4.74 Å². The van der Waals surface area contributed by atoms with Gasteiger partial charge in [-0.05, 0) is 49.4 Å². The van der Waals surface area contributed by atoms with Gasteiger partial charge in [0.15, 0.2) is 0 Å². The first-order valence-corrected chi connectivity index (χ1v) is 12.3. The monoisotopic (exact) mass is 534 g/mol. The molecule has 1 saturated heterocycles. The Morgan fingerprint density at radius 1 is 1.05 bits per heavy atom. The van der Waals surface area contributed by atoms with Crippen molar-refractivity contribution in [1.82, 2.24) is 19.9 Å². The number of rotatable bonds is 5. The number of H-pyrrole nitrogens is 2. The van der Waals surface area contributed by atoms with Crippen LogP contribution in [0.15, 0.2) is 65.6 Å². The zero-order valence-electron chi connectivity index (χ0n) is 20.2. The van der Waals surface area contributed by atoms with Gasteiger partial charge in [0.25, 0.3) is 5.56 Å². The normalized spacial score (nSPS) is 14.5. The van der Waals surface area contributed by atoms with Gasteiger partial charge in [-0.1, -0.05) is 23.7 Å². The zero-order chi connectivity index (χ0) is 24.6. The maximum atomic E-state index is 13.4. The van der Waals surface area contributed by atoms with E-state index in [0.29, 0.717) is 40.8 Å². The number of pyridine rings is 2. The van der Waals surface area contributed by atoms with Crippen molar-refractivity contribution >= 4 is 58.4 Å². The second-order valence-corrected chi connectivity index (χ2v) is 9.28. The number of imidazole rings is 1. The third-order valence-corrected chi connectivity index (χ3v) is 6.87. The third kappa shape index (κ3) is 4.77. The Kier molecular flexibility index (Phi) is 7.10. The molecule has 4 heterocycles. The van der Waals surface area contributed by atoms with Gasteiger partial charge in [0, 0.05) is 30.4 Å². The van der Waals surface area contributed by atoms with Gasteiger partial charge in [0.2, 0.25) is 0 Å². The van der Waals surface area contributed by atoms with E-state index in [1.165, 1.54) is 0 Å². The maximum absolute atomic E-state index is 13.4. The van der Waals surface area contributed by atoms with E-state index in [9.17, 15) is 4.79 Å². The van der Waals surface area contributed by atoms with Crippen molar-refractivity contribution in [1.29, 1.82) is 0 Å². The van der Waals surface area contributed by atoms with Crippen molar-refractivity contribution in [3.63, 3.8) is 0 Å². The molecule has 0 bridgehead atoms. The van der Waals surface area contributed by atoms with Crippen molar-refractivity contribution in [2.45, 2.75) is 13.0 Å². The fourth-order valence-electron chi connectivity index (χ4n) is 4.73. The Morgan fingerprint density at radius 3 is 2.68 bits per heavy atom. The number of hydrogen-bond donors (Lipinski definition) is 3. The van der Waals surface area contributed by atoms with Gasteiger partial charge in [-0.15, -0.1) is 0 Å². The molecule has 1 aliphatic rings. The van der Waals surface area contributed by atoms with E-state index in [-0.39, 0.29) is 25.1 Å². The summed E-state index contributed by atoms with van der Waals surface area (Å²) in [6.45, 7) is 5.11. The Hall–Kier alpha value is -3.53. The highest BCUT2D eigenvalue weighted by molar-refractivity contribution is 7.59. The Labute approximate surface area is 225 Å². The van der Waals surface area contributed by atoms with Gasteiger partial charge in [-0.3, -0.25) is 9.78 Å². The van der Waals surface area contributed by atoms with Gasteiger partial charge >= 0.3 is 0 Å². The highest BCUT2D eigenvalue weighted by atomic mass is 35.5. The molecule has 0 aliphatic carbocycles. The van der Waals surface area contributed by atoms with Gasteiger partial charge < -0.3 is 24.9 Å². The predicted molar refractivity (Wildman–Crippen MR) is 154 cm³/mol. The minimum absolute atomic E-state index is 0. The van der Waals surface area contributed by atoms with Crippen LogP contribution in [0, 0.1) is 0 Å². The Balaban J connectivity index is 0.00000280. The molecule has 0 radical (unpaired) electrons. The molecule has 2 aromatic carbocycles. The number of nitrogens with one attached hydrogen (secondary N) is 3. The number of nitrogens with zero attached hydrogens (tertiary/aromatic N) is 3. The van der Waals surface area contributed by atoms with E-state index in [1.807, 2.05) is 49.4 Å². The van der Waals surface area contributed by atoms with E-state index in [2.05, 4.69) is 37.3 Å². The van der Waals surface area contributed by atoms with Crippen molar-refractivity contribution in [3.05, 3.63) is 81.9 Å². The van der Waals surface area contributed by atoms with Crippen LogP contribution >= 0.6 is 25.1 Å². The number of morpholine rings is 1. The molecule has 0 amide bonds. The second-order valence-electron chi connectivity index (χ2n) is 8.87. The number of hydrogen-bond acceptors (Lipinski definition) is 6. The molecule has 1 fully saturated rings. The molecule has 190 valence electrons. The average Bonchev–Trinajstić information content (AvgIpc) is 3.32. The van der Waals surface area contributed by atoms with E-state index < -0.39 is 0 Å². The summed E-state index contributed by atoms with van der Waals surface area (Å²) in [5, 5.41) is 4.77. The third-order valence-electron chi connectivity index (χ3n) is 6.56. The number of aromatic amines is 2. The number of ether oxygens (including phenoxy) is 1. The average molecular weight is 535 g/mol. The van der Waals surface area contributed by atoms with E-state index >= 15 is 0 Å². The first kappa shape index (κ1) is 25.1. The lowest BCUT2D eigenvalue weighted by atomic mass is 10.1. The molecule has 37 heavy (non-hydrogen) atoms. The Bertz CT molecular complexity index is 1610.